The van der Waals surface area contributed by atoms with Gasteiger partial charge in [-0.05, 0) is 33.1 Å². The number of carbonyl (C=O) groups excluding carboxylic acids is 1. The fraction of sp³-hybridized carbons (Fsp3) is 0.909. The maximum absolute atomic E-state index is 11.6. The zero-order valence-electron chi connectivity index (χ0n) is 9.61. The predicted octanol–water partition coefficient (Wildman–Crippen LogP) is 1.77. The molecule has 2 atom stereocenters. The Kier molecular flexibility index (Phi) is 4.88. The van der Waals surface area contributed by atoms with Crippen LogP contribution in [-0.2, 0) is 4.74 Å². The second-order valence-electron chi connectivity index (χ2n) is 3.95. The lowest BCUT2D eigenvalue weighted by atomic mass is 9.95. The van der Waals surface area contributed by atoms with Crippen molar-refractivity contribution < 1.29 is 14.6 Å². The van der Waals surface area contributed by atoms with E-state index in [1.54, 1.807) is 4.90 Å². The number of hydrogen-bond donors (Lipinski definition) is 1. The monoisotopic (exact) mass is 215 g/mol. The quantitative estimate of drug-likeness (QED) is 0.780. The van der Waals surface area contributed by atoms with Gasteiger partial charge in [0.05, 0.1) is 6.10 Å². The largest absolute Gasteiger partial charge is 0.443 e. The van der Waals surface area contributed by atoms with Gasteiger partial charge in [0, 0.05) is 13.1 Å². The molecule has 0 spiro atoms. The number of aliphatic hydroxyl groups is 1. The van der Waals surface area contributed by atoms with E-state index < -0.39 is 6.10 Å². The summed E-state index contributed by atoms with van der Waals surface area (Å²) >= 11 is 0. The molecule has 0 bridgehead atoms. The van der Waals surface area contributed by atoms with Gasteiger partial charge >= 0.3 is 6.09 Å². The molecular formula is C11H21NO3. The molecule has 4 heteroatoms. The number of hydrogen-bond acceptors (Lipinski definition) is 3. The van der Waals surface area contributed by atoms with Gasteiger partial charge in [0.15, 0.2) is 0 Å². The van der Waals surface area contributed by atoms with E-state index in [-0.39, 0.29) is 12.2 Å². The van der Waals surface area contributed by atoms with E-state index in [0.29, 0.717) is 13.1 Å². The molecule has 1 N–H and O–H groups in total. The highest BCUT2D eigenvalue weighted by atomic mass is 16.6. The smallest absolute Gasteiger partial charge is 0.410 e. The van der Waals surface area contributed by atoms with Crippen LogP contribution < -0.4 is 0 Å². The fourth-order valence-electron chi connectivity index (χ4n) is 1.90. The minimum absolute atomic E-state index is 0.299. The van der Waals surface area contributed by atoms with Crippen molar-refractivity contribution >= 4 is 6.09 Å². The molecule has 1 rings (SSSR count). The molecule has 88 valence electrons. The highest BCUT2D eigenvalue weighted by molar-refractivity contribution is 5.67. The zero-order chi connectivity index (χ0) is 11.3. The first-order valence-electron chi connectivity index (χ1n) is 5.82. The second-order valence-corrected chi connectivity index (χ2v) is 3.95. The molecule has 1 saturated carbocycles. The van der Waals surface area contributed by atoms with Gasteiger partial charge in [-0.15, -0.1) is 0 Å². The molecule has 0 radical (unpaired) electrons. The summed E-state index contributed by atoms with van der Waals surface area (Å²) in [5.74, 6) is 0. The van der Waals surface area contributed by atoms with Crippen LogP contribution in [0.25, 0.3) is 0 Å². The molecular weight excluding hydrogens is 194 g/mol. The number of aliphatic hydroxyl groups excluding tert-OH is 1. The van der Waals surface area contributed by atoms with Gasteiger partial charge in [-0.25, -0.2) is 4.79 Å². The Labute approximate surface area is 91.2 Å². The SMILES string of the molecule is CCN(CC)C(=O)O[C@H]1CCCC[C@@H]1O. The predicted molar refractivity (Wildman–Crippen MR) is 57.7 cm³/mol. The molecule has 1 aliphatic carbocycles. The Hall–Kier alpha value is -0.770. The average molecular weight is 215 g/mol. The van der Waals surface area contributed by atoms with Crippen molar-refractivity contribution in [3.05, 3.63) is 0 Å². The highest BCUT2D eigenvalue weighted by Crippen LogP contribution is 2.21. The summed E-state index contributed by atoms with van der Waals surface area (Å²) in [5.41, 5.74) is 0. The van der Waals surface area contributed by atoms with E-state index in [1.165, 1.54) is 0 Å². The Morgan fingerprint density at radius 2 is 1.93 bits per heavy atom. The molecule has 1 aliphatic rings. The van der Waals surface area contributed by atoms with Gasteiger partial charge in [-0.1, -0.05) is 6.42 Å². The molecule has 4 nitrogen and oxygen atoms in total. The Balaban J connectivity index is 2.41. The summed E-state index contributed by atoms with van der Waals surface area (Å²) in [6.45, 7) is 5.14. The van der Waals surface area contributed by atoms with Crippen LogP contribution in [0.3, 0.4) is 0 Å². The molecule has 1 fully saturated rings. The van der Waals surface area contributed by atoms with Crippen molar-refractivity contribution in [3.8, 4) is 0 Å². The third-order valence-electron chi connectivity index (χ3n) is 2.94. The average Bonchev–Trinajstić information content (AvgIpc) is 2.23. The van der Waals surface area contributed by atoms with Crippen molar-refractivity contribution in [1.29, 1.82) is 0 Å². The van der Waals surface area contributed by atoms with Crippen LogP contribution in [0.1, 0.15) is 39.5 Å². The third kappa shape index (κ3) is 3.38. The maximum atomic E-state index is 11.6. The van der Waals surface area contributed by atoms with E-state index in [1.807, 2.05) is 13.8 Å². The second kappa shape index (κ2) is 5.95. The summed E-state index contributed by atoms with van der Waals surface area (Å²) in [6, 6.07) is 0. The minimum Gasteiger partial charge on any atom is -0.443 e. The number of carbonyl (C=O) groups is 1. The lowest BCUT2D eigenvalue weighted by molar-refractivity contribution is -0.0320. The summed E-state index contributed by atoms with van der Waals surface area (Å²) in [6.07, 6.45) is 2.52. The van der Waals surface area contributed by atoms with Crippen molar-refractivity contribution in [1.82, 2.24) is 4.90 Å². The maximum Gasteiger partial charge on any atom is 0.410 e. The topological polar surface area (TPSA) is 49.8 Å². The fourth-order valence-corrected chi connectivity index (χ4v) is 1.90. The van der Waals surface area contributed by atoms with Crippen molar-refractivity contribution in [3.63, 3.8) is 0 Å². The molecule has 0 aromatic heterocycles. The summed E-state index contributed by atoms with van der Waals surface area (Å²) in [4.78, 5) is 13.2. The Bertz CT molecular complexity index is 204. The van der Waals surface area contributed by atoms with Crippen LogP contribution in [0.2, 0.25) is 0 Å². The Morgan fingerprint density at radius 3 is 2.47 bits per heavy atom. The van der Waals surface area contributed by atoms with Gasteiger partial charge in [-0.3, -0.25) is 0 Å². The summed E-state index contributed by atoms with van der Waals surface area (Å²) in [7, 11) is 0. The van der Waals surface area contributed by atoms with Crippen LogP contribution in [0.4, 0.5) is 4.79 Å². The lowest BCUT2D eigenvalue weighted by Crippen LogP contribution is -2.39. The van der Waals surface area contributed by atoms with Crippen LogP contribution in [0.15, 0.2) is 0 Å². The minimum atomic E-state index is -0.474. The molecule has 15 heavy (non-hydrogen) atoms. The van der Waals surface area contributed by atoms with E-state index >= 15 is 0 Å². The van der Waals surface area contributed by atoms with E-state index in [9.17, 15) is 9.90 Å². The third-order valence-corrected chi connectivity index (χ3v) is 2.94. The molecule has 0 heterocycles. The van der Waals surface area contributed by atoms with Crippen molar-refractivity contribution in [2.45, 2.75) is 51.7 Å². The van der Waals surface area contributed by atoms with Crippen LogP contribution >= 0.6 is 0 Å². The first kappa shape index (κ1) is 12.3. The van der Waals surface area contributed by atoms with Crippen molar-refractivity contribution in [2.75, 3.05) is 13.1 Å². The number of nitrogens with zero attached hydrogens (tertiary/aromatic N) is 1. The van der Waals surface area contributed by atoms with Gasteiger partial charge in [0.1, 0.15) is 6.10 Å². The summed E-state index contributed by atoms with van der Waals surface area (Å²) in [5, 5.41) is 9.65. The normalized spacial score (nSPS) is 26.1. The molecule has 0 aromatic carbocycles. The number of rotatable bonds is 3. The van der Waals surface area contributed by atoms with E-state index in [4.69, 9.17) is 4.74 Å². The number of ether oxygens (including phenoxy) is 1. The standard InChI is InChI=1S/C11H21NO3/c1-3-12(4-2)11(14)15-10-8-6-5-7-9(10)13/h9-10,13H,3-8H2,1-2H3/t9-,10-/m0/s1. The Morgan fingerprint density at radius 1 is 1.33 bits per heavy atom. The van der Waals surface area contributed by atoms with E-state index in [2.05, 4.69) is 0 Å². The van der Waals surface area contributed by atoms with Crippen LogP contribution in [-0.4, -0.2) is 41.4 Å². The molecule has 0 unspecified atom stereocenters. The first-order chi connectivity index (χ1) is 7.19. The molecule has 0 aromatic rings. The summed E-state index contributed by atoms with van der Waals surface area (Å²) < 4.78 is 5.28. The molecule has 0 aliphatic heterocycles. The number of amides is 1. The van der Waals surface area contributed by atoms with Crippen LogP contribution in [0, 0.1) is 0 Å². The van der Waals surface area contributed by atoms with Gasteiger partial charge in [-0.2, -0.15) is 0 Å². The molecule has 0 saturated heterocycles. The first-order valence-corrected chi connectivity index (χ1v) is 5.82. The highest BCUT2D eigenvalue weighted by Gasteiger charge is 2.27. The van der Waals surface area contributed by atoms with Gasteiger partial charge in [0.25, 0.3) is 0 Å². The van der Waals surface area contributed by atoms with Gasteiger partial charge in [0.2, 0.25) is 0 Å². The zero-order valence-corrected chi connectivity index (χ0v) is 9.61. The lowest BCUT2D eigenvalue weighted by Gasteiger charge is -2.29. The van der Waals surface area contributed by atoms with Crippen molar-refractivity contribution in [2.24, 2.45) is 0 Å². The van der Waals surface area contributed by atoms with E-state index in [0.717, 1.165) is 25.7 Å². The van der Waals surface area contributed by atoms with Gasteiger partial charge < -0.3 is 14.7 Å². The molecule has 1 amide bonds. The van der Waals surface area contributed by atoms with Crippen LogP contribution in [0.5, 0.6) is 0 Å².